The Labute approximate surface area is 81.1 Å². The molecule has 0 amide bonds. The zero-order valence-corrected chi connectivity index (χ0v) is 8.48. The number of aryl methyl sites for hydroxylation is 1. The highest BCUT2D eigenvalue weighted by Crippen LogP contribution is 2.33. The molecule has 0 atom stereocenters. The third-order valence-electron chi connectivity index (χ3n) is 1.57. The van der Waals surface area contributed by atoms with Crippen LogP contribution < -0.4 is 0 Å². The van der Waals surface area contributed by atoms with Gasteiger partial charge in [-0.05, 0) is 31.0 Å². The Kier molecular flexibility index (Phi) is 2.69. The van der Waals surface area contributed by atoms with E-state index in [1.165, 1.54) is 0 Å². The van der Waals surface area contributed by atoms with E-state index in [1.807, 2.05) is 19.9 Å². The van der Waals surface area contributed by atoms with E-state index in [4.69, 9.17) is 34.8 Å². The molecule has 0 saturated carbocycles. The molecule has 0 bridgehead atoms. The molecule has 0 fully saturated rings. The Hall–Kier alpha value is 0.0900. The summed E-state index contributed by atoms with van der Waals surface area (Å²) >= 11 is 17.6. The van der Waals surface area contributed by atoms with E-state index in [0.717, 1.165) is 11.1 Å². The van der Waals surface area contributed by atoms with Crippen LogP contribution in [-0.4, -0.2) is 0 Å². The second kappa shape index (κ2) is 3.22. The van der Waals surface area contributed by atoms with Crippen molar-refractivity contribution in [2.45, 2.75) is 13.8 Å². The molecule has 0 heterocycles. The van der Waals surface area contributed by atoms with Crippen LogP contribution in [-0.2, 0) is 0 Å². The van der Waals surface area contributed by atoms with Crippen LogP contribution in [0.3, 0.4) is 0 Å². The van der Waals surface area contributed by atoms with Gasteiger partial charge in [0.15, 0.2) is 0 Å². The number of rotatable bonds is 0. The van der Waals surface area contributed by atoms with Crippen LogP contribution >= 0.6 is 34.8 Å². The Bertz CT molecular complexity index is 266. The third kappa shape index (κ3) is 1.64. The summed E-state index contributed by atoms with van der Waals surface area (Å²) in [5.41, 5.74) is 1.75. The van der Waals surface area contributed by atoms with Crippen molar-refractivity contribution in [1.29, 1.82) is 0 Å². The van der Waals surface area contributed by atoms with Crippen molar-refractivity contribution in [3.63, 3.8) is 0 Å². The summed E-state index contributed by atoms with van der Waals surface area (Å²) in [6, 6.07) is 1.81. The van der Waals surface area contributed by atoms with Gasteiger partial charge in [0.25, 0.3) is 0 Å². The predicted octanol–water partition coefficient (Wildman–Crippen LogP) is 4.26. The molecule has 0 saturated heterocycles. The van der Waals surface area contributed by atoms with Crippen molar-refractivity contribution < 1.29 is 0 Å². The summed E-state index contributed by atoms with van der Waals surface area (Å²) in [4.78, 5) is 0. The lowest BCUT2D eigenvalue weighted by atomic mass is 10.2. The van der Waals surface area contributed by atoms with Crippen molar-refractivity contribution in [3.05, 3.63) is 32.3 Å². The van der Waals surface area contributed by atoms with E-state index in [-0.39, 0.29) is 0 Å². The Morgan fingerprint density at radius 3 is 2.09 bits per heavy atom. The van der Waals surface area contributed by atoms with Crippen molar-refractivity contribution in [1.82, 2.24) is 0 Å². The van der Waals surface area contributed by atoms with Crippen LogP contribution in [0.15, 0.2) is 6.07 Å². The fourth-order valence-electron chi connectivity index (χ4n) is 0.804. The summed E-state index contributed by atoms with van der Waals surface area (Å²) in [5.74, 6) is 0. The average Bonchev–Trinajstić information content (AvgIpc) is 1.97. The lowest BCUT2D eigenvalue weighted by molar-refractivity contribution is 1.40. The first-order valence-corrected chi connectivity index (χ1v) is 4.28. The van der Waals surface area contributed by atoms with Gasteiger partial charge in [-0.3, -0.25) is 0 Å². The van der Waals surface area contributed by atoms with E-state index in [1.54, 1.807) is 0 Å². The fraction of sp³-hybridized carbons (Fsp3) is 0.250. The van der Waals surface area contributed by atoms with E-state index in [2.05, 4.69) is 0 Å². The molecule has 1 aromatic carbocycles. The Balaban J connectivity index is 3.46. The molecule has 0 aliphatic heterocycles. The van der Waals surface area contributed by atoms with Crippen LogP contribution in [0.1, 0.15) is 11.1 Å². The molecule has 11 heavy (non-hydrogen) atoms. The first-order chi connectivity index (χ1) is 5.04. The van der Waals surface area contributed by atoms with Crippen LogP contribution in [0.5, 0.6) is 0 Å². The van der Waals surface area contributed by atoms with E-state index >= 15 is 0 Å². The molecule has 0 spiro atoms. The summed E-state index contributed by atoms with van der Waals surface area (Å²) < 4.78 is 0. The Morgan fingerprint density at radius 2 is 1.55 bits per heavy atom. The summed E-state index contributed by atoms with van der Waals surface area (Å²) in [7, 11) is 0. The van der Waals surface area contributed by atoms with Crippen LogP contribution in [0.4, 0.5) is 0 Å². The van der Waals surface area contributed by atoms with Gasteiger partial charge < -0.3 is 0 Å². The second-order valence-corrected chi connectivity index (χ2v) is 3.59. The molecule has 3 heteroatoms. The minimum absolute atomic E-state index is 0.552. The first-order valence-electron chi connectivity index (χ1n) is 3.14. The summed E-state index contributed by atoms with van der Waals surface area (Å²) in [6.07, 6.45) is 0. The molecule has 0 unspecified atom stereocenters. The highest BCUT2D eigenvalue weighted by molar-refractivity contribution is 6.44. The molecule has 1 aromatic rings. The molecule has 0 aliphatic carbocycles. The molecular formula is C8H7Cl3. The average molecular weight is 210 g/mol. The summed E-state index contributed by atoms with van der Waals surface area (Å²) in [6.45, 7) is 3.72. The highest BCUT2D eigenvalue weighted by atomic mass is 35.5. The Morgan fingerprint density at radius 1 is 1.00 bits per heavy atom. The molecule has 60 valence electrons. The minimum atomic E-state index is 0.552. The monoisotopic (exact) mass is 208 g/mol. The first kappa shape index (κ1) is 9.18. The van der Waals surface area contributed by atoms with Crippen LogP contribution in [0.2, 0.25) is 15.1 Å². The molecule has 0 N–H and O–H groups in total. The van der Waals surface area contributed by atoms with Gasteiger partial charge in [0.1, 0.15) is 0 Å². The maximum Gasteiger partial charge on any atom is 0.0639 e. The van der Waals surface area contributed by atoms with Gasteiger partial charge >= 0.3 is 0 Å². The molecular weight excluding hydrogens is 202 g/mol. The van der Waals surface area contributed by atoms with Crippen LogP contribution in [0.25, 0.3) is 0 Å². The number of hydrogen-bond acceptors (Lipinski definition) is 0. The van der Waals surface area contributed by atoms with Gasteiger partial charge in [0.05, 0.1) is 10.0 Å². The maximum absolute atomic E-state index is 5.87. The lowest BCUT2D eigenvalue weighted by Gasteiger charge is -2.05. The molecule has 0 aromatic heterocycles. The van der Waals surface area contributed by atoms with Crippen molar-refractivity contribution in [3.8, 4) is 0 Å². The SMILES string of the molecule is Cc1cc(Cl)c(C)c(Cl)c1Cl. The molecule has 0 aliphatic rings. The zero-order valence-electron chi connectivity index (χ0n) is 6.21. The molecule has 1 rings (SSSR count). The smallest absolute Gasteiger partial charge is 0.0639 e. The third-order valence-corrected chi connectivity index (χ3v) is 3.02. The number of hydrogen-bond donors (Lipinski definition) is 0. The molecule has 0 radical (unpaired) electrons. The normalized spacial score (nSPS) is 10.3. The largest absolute Gasteiger partial charge is 0.0840 e. The number of benzene rings is 1. The van der Waals surface area contributed by atoms with Gasteiger partial charge in [0, 0.05) is 5.02 Å². The van der Waals surface area contributed by atoms with Gasteiger partial charge in [-0.2, -0.15) is 0 Å². The van der Waals surface area contributed by atoms with Gasteiger partial charge in [-0.1, -0.05) is 34.8 Å². The van der Waals surface area contributed by atoms with E-state index < -0.39 is 0 Å². The van der Waals surface area contributed by atoms with E-state index in [9.17, 15) is 0 Å². The van der Waals surface area contributed by atoms with Gasteiger partial charge in [0.2, 0.25) is 0 Å². The molecule has 0 nitrogen and oxygen atoms in total. The second-order valence-electron chi connectivity index (χ2n) is 2.43. The highest BCUT2D eigenvalue weighted by Gasteiger charge is 2.07. The minimum Gasteiger partial charge on any atom is -0.0840 e. The van der Waals surface area contributed by atoms with E-state index in [0.29, 0.717) is 15.1 Å². The van der Waals surface area contributed by atoms with Crippen molar-refractivity contribution >= 4 is 34.8 Å². The standard InChI is InChI=1S/C8H7Cl3/c1-4-3-6(9)5(2)8(11)7(4)10/h3H,1-2H3. The van der Waals surface area contributed by atoms with Gasteiger partial charge in [-0.25, -0.2) is 0 Å². The summed E-state index contributed by atoms with van der Waals surface area (Å²) in [5, 5.41) is 1.81. The predicted molar refractivity (Wildman–Crippen MR) is 50.9 cm³/mol. The quantitative estimate of drug-likeness (QED) is 0.560. The number of halogens is 3. The van der Waals surface area contributed by atoms with Crippen LogP contribution in [0, 0.1) is 13.8 Å². The topological polar surface area (TPSA) is 0 Å². The zero-order chi connectivity index (χ0) is 8.59. The van der Waals surface area contributed by atoms with Crippen molar-refractivity contribution in [2.75, 3.05) is 0 Å². The van der Waals surface area contributed by atoms with Gasteiger partial charge in [-0.15, -0.1) is 0 Å². The fourth-order valence-corrected chi connectivity index (χ4v) is 1.56. The maximum atomic E-state index is 5.87. The van der Waals surface area contributed by atoms with Crippen molar-refractivity contribution in [2.24, 2.45) is 0 Å². The lowest BCUT2D eigenvalue weighted by Crippen LogP contribution is -1.83.